The van der Waals surface area contributed by atoms with Crippen LogP contribution in [0.1, 0.15) is 86.1 Å². The molecule has 1 aromatic carbocycles. The number of hydrogen-bond acceptors (Lipinski definition) is 11. The summed E-state index contributed by atoms with van der Waals surface area (Å²) in [7, 11) is 0. The lowest BCUT2D eigenvalue weighted by Gasteiger charge is -2.31. The molecule has 0 aliphatic rings. The van der Waals surface area contributed by atoms with Gasteiger partial charge in [-0.2, -0.15) is 0 Å². The fraction of sp³-hybridized carbons (Fsp3) is 0.677. The Bertz CT molecular complexity index is 1050. The lowest BCUT2D eigenvalue weighted by molar-refractivity contribution is -0.139. The van der Waals surface area contributed by atoms with Gasteiger partial charge in [0.05, 0.1) is 19.8 Å². The molecule has 0 aliphatic carbocycles. The van der Waals surface area contributed by atoms with Crippen molar-refractivity contribution in [2.45, 2.75) is 92.7 Å². The Labute approximate surface area is 254 Å². The van der Waals surface area contributed by atoms with E-state index in [0.717, 1.165) is 19.3 Å². The first-order valence-corrected chi connectivity index (χ1v) is 14.9. The van der Waals surface area contributed by atoms with Gasteiger partial charge in [-0.3, -0.25) is 4.79 Å². The number of carbonyl (C=O) groups is 4. The number of hydrogen-bond donors (Lipinski definition) is 2. The molecule has 244 valence electrons. The highest BCUT2D eigenvalue weighted by Gasteiger charge is 2.36. The predicted octanol–water partition coefficient (Wildman–Crippen LogP) is 6.53. The highest BCUT2D eigenvalue weighted by atomic mass is 16.7. The quantitative estimate of drug-likeness (QED) is 0.111. The monoisotopic (exact) mass is 611 g/mol. The molecule has 0 aromatic heterocycles. The molecule has 6 unspecified atom stereocenters. The van der Waals surface area contributed by atoms with E-state index in [9.17, 15) is 24.3 Å². The van der Waals surface area contributed by atoms with Crippen molar-refractivity contribution in [2.24, 2.45) is 29.4 Å². The Hall–Kier alpha value is -3.54. The van der Waals surface area contributed by atoms with E-state index in [1.807, 2.05) is 41.5 Å². The van der Waals surface area contributed by atoms with Gasteiger partial charge in [-0.25, -0.2) is 14.4 Å². The Kier molecular flexibility index (Phi) is 16.5. The van der Waals surface area contributed by atoms with Crippen molar-refractivity contribution in [2.75, 3.05) is 19.8 Å². The zero-order chi connectivity index (χ0) is 32.7. The largest absolute Gasteiger partial charge is 0.513 e. The van der Waals surface area contributed by atoms with Crippen LogP contribution in [0.3, 0.4) is 0 Å². The maximum atomic E-state index is 12.5. The molecule has 3 N–H and O–H groups in total. The van der Waals surface area contributed by atoms with Crippen LogP contribution in [0.15, 0.2) is 18.2 Å². The number of aliphatic carboxylic acids is 1. The topological polar surface area (TPSA) is 170 Å². The number of carboxylic acids is 1. The van der Waals surface area contributed by atoms with E-state index in [2.05, 4.69) is 0 Å². The molecule has 0 bridgehead atoms. The van der Waals surface area contributed by atoms with Crippen LogP contribution in [0.4, 0.5) is 14.4 Å². The lowest BCUT2D eigenvalue weighted by atomic mass is 9.79. The first kappa shape index (κ1) is 37.5. The second-order valence-electron chi connectivity index (χ2n) is 11.2. The number of benzene rings is 1. The van der Waals surface area contributed by atoms with Crippen LogP contribution in [0.2, 0.25) is 0 Å². The number of rotatable bonds is 17. The van der Waals surface area contributed by atoms with E-state index < -0.39 is 48.4 Å². The van der Waals surface area contributed by atoms with Gasteiger partial charge in [0.15, 0.2) is 11.5 Å². The fourth-order valence-corrected chi connectivity index (χ4v) is 3.70. The van der Waals surface area contributed by atoms with Crippen molar-refractivity contribution in [3.63, 3.8) is 0 Å². The molecule has 7 atom stereocenters. The van der Waals surface area contributed by atoms with E-state index in [1.54, 1.807) is 13.8 Å². The van der Waals surface area contributed by atoms with Crippen molar-refractivity contribution in [3.8, 4) is 11.5 Å². The second kappa shape index (κ2) is 18.9. The molecule has 0 aliphatic heterocycles. The van der Waals surface area contributed by atoms with Crippen molar-refractivity contribution >= 4 is 24.4 Å². The minimum atomic E-state index is -1.44. The average Bonchev–Trinajstić information content (AvgIpc) is 2.98. The van der Waals surface area contributed by atoms with Crippen molar-refractivity contribution in [3.05, 3.63) is 23.8 Å². The second-order valence-corrected chi connectivity index (χ2v) is 11.2. The Morgan fingerprint density at radius 3 is 1.60 bits per heavy atom. The molecule has 0 saturated carbocycles. The minimum absolute atomic E-state index is 0.0855. The molecule has 0 heterocycles. The maximum absolute atomic E-state index is 12.5. The van der Waals surface area contributed by atoms with Crippen molar-refractivity contribution < 1.29 is 52.7 Å². The third kappa shape index (κ3) is 13.1. The third-order valence-corrected chi connectivity index (χ3v) is 7.55. The summed E-state index contributed by atoms with van der Waals surface area (Å²) >= 11 is 0. The van der Waals surface area contributed by atoms with Gasteiger partial charge in [-0.15, -0.1) is 0 Å². The molecule has 43 heavy (non-hydrogen) atoms. The van der Waals surface area contributed by atoms with E-state index in [0.29, 0.717) is 5.56 Å². The smallest absolute Gasteiger partial charge is 0.480 e. The summed E-state index contributed by atoms with van der Waals surface area (Å²) in [4.78, 5) is 49.2. The molecule has 0 fully saturated rings. The molecular weight excluding hydrogens is 562 g/mol. The van der Waals surface area contributed by atoms with Gasteiger partial charge in [0.25, 0.3) is 0 Å². The van der Waals surface area contributed by atoms with E-state index in [1.165, 1.54) is 18.2 Å². The molecule has 1 aromatic rings. The van der Waals surface area contributed by atoms with Gasteiger partial charge >= 0.3 is 24.4 Å². The molecular formula is C31H49NO11. The maximum Gasteiger partial charge on any atom is 0.513 e. The van der Waals surface area contributed by atoms with Crippen LogP contribution in [0.5, 0.6) is 11.5 Å². The SMILES string of the molecule is CCC(C)COC(=O)Oc1ccc(C(C(C)C(C)OC(=O)OCC(C)CC)[C@H](N)C(=O)O)cc1OC(=O)OCC(C)CC. The van der Waals surface area contributed by atoms with E-state index in [-0.39, 0.29) is 49.1 Å². The van der Waals surface area contributed by atoms with Gasteiger partial charge in [0.2, 0.25) is 0 Å². The van der Waals surface area contributed by atoms with Gasteiger partial charge in [-0.1, -0.05) is 73.8 Å². The summed E-state index contributed by atoms with van der Waals surface area (Å²) in [5.74, 6) is -2.88. The molecule has 0 amide bonds. The van der Waals surface area contributed by atoms with Gasteiger partial charge in [0.1, 0.15) is 12.1 Å². The zero-order valence-electron chi connectivity index (χ0n) is 26.6. The Balaban J connectivity index is 3.35. The summed E-state index contributed by atoms with van der Waals surface area (Å²) < 4.78 is 31.7. The number of carbonyl (C=O) groups excluding carboxylic acids is 3. The summed E-state index contributed by atoms with van der Waals surface area (Å²) in [6, 6.07) is 2.75. The molecule has 0 radical (unpaired) electrons. The third-order valence-electron chi connectivity index (χ3n) is 7.55. The van der Waals surface area contributed by atoms with Crippen LogP contribution < -0.4 is 15.2 Å². The molecule has 0 saturated heterocycles. The summed E-state index contributed by atoms with van der Waals surface area (Å²) in [5.41, 5.74) is 6.45. The summed E-state index contributed by atoms with van der Waals surface area (Å²) in [5, 5.41) is 9.81. The highest BCUT2D eigenvalue weighted by Crippen LogP contribution is 2.37. The average molecular weight is 612 g/mol. The van der Waals surface area contributed by atoms with Crippen LogP contribution in [-0.2, 0) is 23.7 Å². The normalized spacial score (nSPS) is 15.9. The standard InChI is InChI=1S/C31H49NO11/c1-9-18(4)15-38-29(35)41-22(8)21(7)26(27(32)28(33)34)23-12-13-24(42-30(36)39-16-19(5)10-2)25(14-23)43-31(37)40-17-20(6)11-3/h12-14,18-22,26-27H,9-11,15-17,32H2,1-8H3,(H,33,34)/t18?,19?,20?,21?,22?,26?,27-/m0/s1. The van der Waals surface area contributed by atoms with Gasteiger partial charge in [0, 0.05) is 11.8 Å². The van der Waals surface area contributed by atoms with Crippen molar-refractivity contribution in [1.29, 1.82) is 0 Å². The lowest BCUT2D eigenvalue weighted by Crippen LogP contribution is -2.42. The zero-order valence-corrected chi connectivity index (χ0v) is 26.6. The fourth-order valence-electron chi connectivity index (χ4n) is 3.70. The minimum Gasteiger partial charge on any atom is -0.480 e. The predicted molar refractivity (Wildman–Crippen MR) is 158 cm³/mol. The van der Waals surface area contributed by atoms with Crippen molar-refractivity contribution in [1.82, 2.24) is 0 Å². The molecule has 12 nitrogen and oxygen atoms in total. The first-order valence-electron chi connectivity index (χ1n) is 14.9. The van der Waals surface area contributed by atoms with E-state index in [4.69, 9.17) is 34.2 Å². The number of carboxylic acid groups (broad SMARTS) is 1. The molecule has 0 spiro atoms. The summed E-state index contributed by atoms with van der Waals surface area (Å²) in [6.07, 6.45) is -1.35. The first-order chi connectivity index (χ1) is 20.2. The van der Waals surface area contributed by atoms with Crippen LogP contribution in [0, 0.1) is 23.7 Å². The van der Waals surface area contributed by atoms with Crippen LogP contribution in [-0.4, -0.2) is 61.5 Å². The Morgan fingerprint density at radius 1 is 0.721 bits per heavy atom. The number of ether oxygens (including phenoxy) is 6. The Morgan fingerprint density at radius 2 is 1.16 bits per heavy atom. The van der Waals surface area contributed by atoms with Crippen LogP contribution in [0.25, 0.3) is 0 Å². The molecule has 1 rings (SSSR count). The van der Waals surface area contributed by atoms with Gasteiger partial charge in [-0.05, 0) is 42.4 Å². The highest BCUT2D eigenvalue weighted by molar-refractivity contribution is 5.75. The summed E-state index contributed by atoms with van der Waals surface area (Å²) in [6.45, 7) is 15.3. The van der Waals surface area contributed by atoms with Gasteiger partial charge < -0.3 is 39.3 Å². The molecule has 12 heteroatoms. The van der Waals surface area contributed by atoms with E-state index >= 15 is 0 Å². The number of nitrogens with two attached hydrogens (primary N) is 1. The van der Waals surface area contributed by atoms with Crippen LogP contribution >= 0.6 is 0 Å².